The lowest BCUT2D eigenvalue weighted by atomic mass is 9.67. The summed E-state index contributed by atoms with van der Waals surface area (Å²) in [4.78, 5) is 2.49. The normalized spacial score (nSPS) is 14.1. The van der Waals surface area contributed by atoms with Crippen molar-refractivity contribution in [1.82, 2.24) is 4.57 Å². The van der Waals surface area contributed by atoms with Crippen molar-refractivity contribution in [3.63, 3.8) is 0 Å². The molecular formula is C89H62N2. The van der Waals surface area contributed by atoms with E-state index in [9.17, 15) is 0 Å². The fourth-order valence-corrected chi connectivity index (χ4v) is 16.5. The van der Waals surface area contributed by atoms with Crippen molar-refractivity contribution in [2.75, 3.05) is 4.90 Å². The molecule has 0 saturated heterocycles. The van der Waals surface area contributed by atoms with Gasteiger partial charge in [-0.3, -0.25) is 0 Å². The van der Waals surface area contributed by atoms with Gasteiger partial charge in [-0.1, -0.05) is 281 Å². The molecule has 3 aliphatic carbocycles. The Balaban J connectivity index is 0.769. The summed E-state index contributed by atoms with van der Waals surface area (Å²) >= 11 is 0. The number of rotatable bonds is 10. The van der Waals surface area contributed by atoms with E-state index in [1.54, 1.807) is 0 Å². The Hall–Kier alpha value is -11.3. The maximum atomic E-state index is 2.49. The lowest BCUT2D eigenvalue weighted by Crippen LogP contribution is -2.28. The lowest BCUT2D eigenvalue weighted by Gasteiger charge is -2.35. The minimum atomic E-state index is -0.544. The van der Waals surface area contributed by atoms with Crippen LogP contribution in [0, 0.1) is 0 Å². The molecule has 2 nitrogen and oxygen atoms in total. The molecule has 0 N–H and O–H groups in total. The first-order valence-corrected chi connectivity index (χ1v) is 31.9. The van der Waals surface area contributed by atoms with Crippen LogP contribution in [0.4, 0.5) is 17.1 Å². The molecule has 0 aliphatic heterocycles. The van der Waals surface area contributed by atoms with Crippen molar-refractivity contribution in [2.24, 2.45) is 0 Å². The fraction of sp³-hybridized carbons (Fsp3) is 0.0562. The van der Waals surface area contributed by atoms with Crippen molar-refractivity contribution in [1.29, 1.82) is 0 Å². The molecule has 0 bridgehead atoms. The maximum Gasteiger partial charge on any atom is 0.0714 e. The smallest absolute Gasteiger partial charge is 0.0714 e. The second-order valence-corrected chi connectivity index (χ2v) is 25.5. The zero-order valence-corrected chi connectivity index (χ0v) is 50.7. The molecule has 0 saturated carbocycles. The van der Waals surface area contributed by atoms with Crippen molar-refractivity contribution in [3.05, 3.63) is 395 Å². The molecule has 0 spiro atoms. The van der Waals surface area contributed by atoms with Gasteiger partial charge in [-0.25, -0.2) is 0 Å². The first-order chi connectivity index (χ1) is 44.9. The van der Waals surface area contributed by atoms with Gasteiger partial charge in [-0.15, -0.1) is 0 Å². The van der Waals surface area contributed by atoms with Gasteiger partial charge in [0.15, 0.2) is 0 Å². The van der Waals surface area contributed by atoms with Crippen LogP contribution in [0.25, 0.3) is 83.1 Å². The monoisotopic (exact) mass is 1160 g/mol. The van der Waals surface area contributed by atoms with Crippen LogP contribution in [-0.2, 0) is 16.2 Å². The second kappa shape index (κ2) is 20.4. The summed E-state index contributed by atoms with van der Waals surface area (Å²) in [6, 6.07) is 127. The van der Waals surface area contributed by atoms with Crippen LogP contribution in [0.5, 0.6) is 0 Å². The van der Waals surface area contributed by atoms with Crippen LogP contribution in [0.3, 0.4) is 0 Å². The summed E-state index contributed by atoms with van der Waals surface area (Å²) in [5, 5.41) is 2.43. The largest absolute Gasteiger partial charge is 0.310 e. The summed E-state index contributed by atoms with van der Waals surface area (Å²) < 4.78 is 2.43. The molecule has 14 aromatic carbocycles. The van der Waals surface area contributed by atoms with Crippen LogP contribution in [-0.4, -0.2) is 4.57 Å². The fourth-order valence-electron chi connectivity index (χ4n) is 16.5. The predicted molar refractivity (Wildman–Crippen MR) is 379 cm³/mol. The third-order valence-electron chi connectivity index (χ3n) is 20.6. The SMILES string of the molecule is CC1(C)c2ccccc2-c2ccc(N(c3ccc(-c4ccc5c(c4)c4cc(-c6ccc(C7(c8ccccc8)c8ccccc8-c8ccccc87)cc6)ccc4n5-c4ccccc4)cc3)c3ccc4c(c3)C(c3ccccc3)(c3ccccc3)c3ccccc3-4)cc21. The first-order valence-electron chi connectivity index (χ1n) is 31.9. The minimum Gasteiger partial charge on any atom is -0.310 e. The average molecular weight is 1160 g/mol. The Bertz CT molecular complexity index is 5260. The Labute approximate surface area is 531 Å². The highest BCUT2D eigenvalue weighted by Crippen LogP contribution is 2.59. The zero-order chi connectivity index (χ0) is 60.4. The molecule has 1 aromatic heterocycles. The van der Waals surface area contributed by atoms with Crippen molar-refractivity contribution in [3.8, 4) is 61.3 Å². The van der Waals surface area contributed by atoms with E-state index in [-0.39, 0.29) is 5.41 Å². The van der Waals surface area contributed by atoms with Gasteiger partial charge in [0.05, 0.1) is 21.9 Å². The number of hydrogen-bond acceptors (Lipinski definition) is 1. The van der Waals surface area contributed by atoms with Crippen molar-refractivity contribution < 1.29 is 0 Å². The molecule has 0 radical (unpaired) electrons. The first kappa shape index (κ1) is 52.8. The van der Waals surface area contributed by atoms with Gasteiger partial charge in [0.25, 0.3) is 0 Å². The lowest BCUT2D eigenvalue weighted by molar-refractivity contribution is 0.660. The van der Waals surface area contributed by atoms with Crippen LogP contribution in [0.2, 0.25) is 0 Å². The molecule has 0 atom stereocenters. The minimum absolute atomic E-state index is 0.178. The number of anilines is 3. The maximum absolute atomic E-state index is 2.49. The molecule has 1 heterocycles. The van der Waals surface area contributed by atoms with Gasteiger partial charge in [-0.2, -0.15) is 0 Å². The molecule has 3 aliphatic rings. The van der Waals surface area contributed by atoms with Gasteiger partial charge in [0, 0.05) is 38.9 Å². The van der Waals surface area contributed by atoms with E-state index in [1.807, 2.05) is 0 Å². The van der Waals surface area contributed by atoms with Crippen molar-refractivity contribution >= 4 is 38.9 Å². The molecule has 15 aromatic rings. The van der Waals surface area contributed by atoms with E-state index in [4.69, 9.17) is 0 Å². The second-order valence-electron chi connectivity index (χ2n) is 25.5. The number of para-hydroxylation sites is 1. The third-order valence-corrected chi connectivity index (χ3v) is 20.6. The molecule has 18 rings (SSSR count). The van der Waals surface area contributed by atoms with E-state index in [1.165, 1.54) is 128 Å². The van der Waals surface area contributed by atoms with Crippen LogP contribution >= 0.6 is 0 Å². The van der Waals surface area contributed by atoms with E-state index in [2.05, 4.69) is 363 Å². The van der Waals surface area contributed by atoms with Crippen LogP contribution < -0.4 is 4.90 Å². The average Bonchev–Trinajstić information content (AvgIpc) is 1.61. The number of aromatic nitrogens is 1. The molecule has 0 unspecified atom stereocenters. The third kappa shape index (κ3) is 7.73. The Morgan fingerprint density at radius 2 is 0.571 bits per heavy atom. The highest BCUT2D eigenvalue weighted by Gasteiger charge is 2.48. The van der Waals surface area contributed by atoms with E-state index in [0.717, 1.165) is 28.3 Å². The molecule has 91 heavy (non-hydrogen) atoms. The summed E-state index contributed by atoms with van der Waals surface area (Å²) in [7, 11) is 0. The van der Waals surface area contributed by atoms with E-state index < -0.39 is 10.8 Å². The van der Waals surface area contributed by atoms with E-state index >= 15 is 0 Å². The molecule has 428 valence electrons. The summed E-state index contributed by atoms with van der Waals surface area (Å²) in [6.45, 7) is 4.76. The van der Waals surface area contributed by atoms with Crippen molar-refractivity contribution in [2.45, 2.75) is 30.1 Å². The number of nitrogens with zero attached hydrogens (tertiary/aromatic N) is 2. The van der Waals surface area contributed by atoms with Gasteiger partial charge in [0.2, 0.25) is 0 Å². The number of fused-ring (bicyclic) bond motifs is 12. The summed E-state index contributed by atoms with van der Waals surface area (Å²) in [5.74, 6) is 0. The Kier molecular flexibility index (Phi) is 11.8. The van der Waals surface area contributed by atoms with Gasteiger partial charge in [-0.05, 0) is 184 Å². The molecular weight excluding hydrogens is 1100 g/mol. The van der Waals surface area contributed by atoms with Gasteiger partial charge < -0.3 is 9.47 Å². The number of hydrogen-bond donors (Lipinski definition) is 0. The Morgan fingerprint density at radius 3 is 1.04 bits per heavy atom. The molecule has 2 heteroatoms. The van der Waals surface area contributed by atoms with Gasteiger partial charge in [0.1, 0.15) is 0 Å². The number of benzene rings is 14. The summed E-state index contributed by atoms with van der Waals surface area (Å²) in [5.41, 5.74) is 31.0. The zero-order valence-electron chi connectivity index (χ0n) is 50.7. The molecule has 0 fully saturated rings. The highest BCUT2D eigenvalue weighted by molar-refractivity contribution is 6.12. The Morgan fingerprint density at radius 1 is 0.242 bits per heavy atom. The topological polar surface area (TPSA) is 8.17 Å². The quantitative estimate of drug-likeness (QED) is 0.132. The van der Waals surface area contributed by atoms with Crippen LogP contribution in [0.1, 0.15) is 69.5 Å². The standard InChI is InChI=1S/C89H62N2/c1-87(2)79-35-19-15-31-71(79)75-51-49-69(57-83(75)87)90(70-50-52-76-74-34-18-22-38-82(74)89(84(76)58-70,64-25-9-4-10-26-64)65-27-11-5-12-28-65)68-47-41-60(42-48-68)62-44-54-86-78(56-62)77-55-61(43-53-85(77)91(86)67-29-13-6-14-30-67)59-39-45-66(46-40-59)88(63-23-7-3-8-24-63)80-36-20-16-32-72(80)73-33-17-21-37-81(73)88/h3-58H,1-2H3. The van der Waals surface area contributed by atoms with Gasteiger partial charge >= 0.3 is 0 Å². The van der Waals surface area contributed by atoms with E-state index in [0.29, 0.717) is 0 Å². The predicted octanol–water partition coefficient (Wildman–Crippen LogP) is 22.6. The summed E-state index contributed by atoms with van der Waals surface area (Å²) in [6.07, 6.45) is 0. The van der Waals surface area contributed by atoms with Crippen LogP contribution in [0.15, 0.2) is 340 Å². The molecule has 0 amide bonds. The highest BCUT2D eigenvalue weighted by atomic mass is 15.1.